The molecule has 1 saturated heterocycles. The van der Waals surface area contributed by atoms with Crippen LogP contribution in [0.1, 0.15) is 16.8 Å². The number of amides is 1. The Morgan fingerprint density at radius 1 is 1.19 bits per heavy atom. The van der Waals surface area contributed by atoms with E-state index in [1.54, 1.807) is 0 Å². The molecule has 0 aromatic heterocycles. The predicted octanol–water partition coefficient (Wildman–Crippen LogP) is 2.66. The Bertz CT molecular complexity index is 1210. The average Bonchev–Trinajstić information content (AvgIpc) is 3.01. The van der Waals surface area contributed by atoms with Gasteiger partial charge in [-0.05, 0) is 42.8 Å². The molecule has 13 heteroatoms. The van der Waals surface area contributed by atoms with E-state index in [1.807, 2.05) is 0 Å². The Balaban J connectivity index is 1.73. The number of sulfone groups is 1. The van der Waals surface area contributed by atoms with Gasteiger partial charge in [-0.15, -0.1) is 0 Å². The van der Waals surface area contributed by atoms with Crippen molar-refractivity contribution >= 4 is 43.1 Å². The van der Waals surface area contributed by atoms with Gasteiger partial charge in [0.15, 0.2) is 9.84 Å². The van der Waals surface area contributed by atoms with Crippen LogP contribution in [0, 0.1) is 0 Å². The first-order valence-electron chi connectivity index (χ1n) is 8.84. The van der Waals surface area contributed by atoms with E-state index in [0.717, 1.165) is 12.1 Å². The first-order chi connectivity index (χ1) is 14.4. The van der Waals surface area contributed by atoms with Crippen molar-refractivity contribution in [3.63, 3.8) is 0 Å². The molecular weight excluding hydrogens is 478 g/mol. The summed E-state index contributed by atoms with van der Waals surface area (Å²) in [6, 6.07) is 8.08. The number of benzene rings is 2. The number of nitrogens with one attached hydrogen (secondary N) is 2. The van der Waals surface area contributed by atoms with E-state index >= 15 is 0 Å². The van der Waals surface area contributed by atoms with Gasteiger partial charge in [-0.25, -0.2) is 21.6 Å². The number of carbonyl (C=O) groups is 1. The van der Waals surface area contributed by atoms with Crippen LogP contribution in [0.25, 0.3) is 0 Å². The van der Waals surface area contributed by atoms with Gasteiger partial charge in [-0.1, -0.05) is 17.7 Å². The van der Waals surface area contributed by atoms with Crippen molar-refractivity contribution in [2.24, 2.45) is 0 Å². The van der Waals surface area contributed by atoms with Gasteiger partial charge in [-0.3, -0.25) is 4.79 Å². The summed E-state index contributed by atoms with van der Waals surface area (Å²) in [5.74, 6) is -1.30. The zero-order valence-corrected chi connectivity index (χ0v) is 18.1. The van der Waals surface area contributed by atoms with Crippen molar-refractivity contribution in [1.82, 2.24) is 4.72 Å². The van der Waals surface area contributed by atoms with E-state index in [1.165, 1.54) is 30.3 Å². The highest BCUT2D eigenvalue weighted by molar-refractivity contribution is 7.92. The van der Waals surface area contributed by atoms with Crippen LogP contribution >= 0.6 is 11.6 Å². The molecule has 1 fully saturated rings. The van der Waals surface area contributed by atoms with Crippen LogP contribution in [0.15, 0.2) is 47.4 Å². The Morgan fingerprint density at radius 3 is 2.55 bits per heavy atom. The Kier molecular flexibility index (Phi) is 6.84. The standard InChI is InChI=1S/C18H17ClF2N2O6S2/c19-15-9-12(4-5-16(15)29-18(20)21)22-17(24)11-2-1-3-14(8-11)31(27,28)23-13-6-7-30(25,26)10-13/h1-5,8-9,13,18,23H,6-7,10H2,(H,22,24). The van der Waals surface area contributed by atoms with Crippen LogP contribution in [-0.4, -0.2) is 46.9 Å². The van der Waals surface area contributed by atoms with Gasteiger partial charge < -0.3 is 10.1 Å². The second-order valence-electron chi connectivity index (χ2n) is 6.73. The Labute approximate surface area is 182 Å². The predicted molar refractivity (Wildman–Crippen MR) is 110 cm³/mol. The fraction of sp³-hybridized carbons (Fsp3) is 0.278. The van der Waals surface area contributed by atoms with Crippen molar-refractivity contribution in [3.8, 4) is 5.75 Å². The molecule has 2 N–H and O–H groups in total. The zero-order valence-electron chi connectivity index (χ0n) is 15.7. The highest BCUT2D eigenvalue weighted by atomic mass is 35.5. The number of hydrogen-bond donors (Lipinski definition) is 2. The molecule has 31 heavy (non-hydrogen) atoms. The summed E-state index contributed by atoms with van der Waals surface area (Å²) >= 11 is 5.85. The van der Waals surface area contributed by atoms with Crippen LogP contribution in [0.5, 0.6) is 5.75 Å². The number of anilines is 1. The topological polar surface area (TPSA) is 119 Å². The number of halogens is 3. The third-order valence-electron chi connectivity index (χ3n) is 4.37. The van der Waals surface area contributed by atoms with E-state index in [2.05, 4.69) is 14.8 Å². The van der Waals surface area contributed by atoms with E-state index in [4.69, 9.17) is 11.6 Å². The van der Waals surface area contributed by atoms with E-state index in [0.29, 0.717) is 0 Å². The highest BCUT2D eigenvalue weighted by Gasteiger charge is 2.31. The largest absolute Gasteiger partial charge is 0.433 e. The molecule has 2 aromatic rings. The molecule has 0 radical (unpaired) electrons. The maximum absolute atomic E-state index is 12.6. The third kappa shape index (κ3) is 6.12. The summed E-state index contributed by atoms with van der Waals surface area (Å²) in [7, 11) is -7.32. The molecule has 0 bridgehead atoms. The van der Waals surface area contributed by atoms with Crippen LogP contribution in [-0.2, 0) is 19.9 Å². The number of ether oxygens (including phenoxy) is 1. The van der Waals surface area contributed by atoms with Gasteiger partial charge >= 0.3 is 6.61 Å². The Morgan fingerprint density at radius 2 is 1.94 bits per heavy atom. The third-order valence-corrected chi connectivity index (χ3v) is 7.95. The number of sulfonamides is 1. The average molecular weight is 495 g/mol. The first kappa shape index (κ1) is 23.4. The summed E-state index contributed by atoms with van der Waals surface area (Å²) in [6.45, 7) is -3.06. The van der Waals surface area contributed by atoms with Gasteiger partial charge in [0.25, 0.3) is 5.91 Å². The van der Waals surface area contributed by atoms with Crippen LogP contribution in [0.4, 0.5) is 14.5 Å². The summed E-state index contributed by atoms with van der Waals surface area (Å²) in [5, 5.41) is 2.33. The van der Waals surface area contributed by atoms with Gasteiger partial charge in [-0.2, -0.15) is 8.78 Å². The molecule has 3 rings (SSSR count). The van der Waals surface area contributed by atoms with Crippen molar-refractivity contribution < 1.29 is 35.1 Å². The molecule has 1 atom stereocenters. The zero-order chi connectivity index (χ0) is 22.8. The lowest BCUT2D eigenvalue weighted by Crippen LogP contribution is -2.35. The molecule has 1 unspecified atom stereocenters. The smallest absolute Gasteiger partial charge is 0.387 e. The van der Waals surface area contributed by atoms with Gasteiger partial charge in [0.2, 0.25) is 10.0 Å². The number of hydrogen-bond acceptors (Lipinski definition) is 6. The minimum absolute atomic E-state index is 0.00551. The summed E-state index contributed by atoms with van der Waals surface area (Å²) < 4.78 is 79.4. The lowest BCUT2D eigenvalue weighted by molar-refractivity contribution is -0.0497. The molecule has 1 aliphatic rings. The SMILES string of the molecule is O=C(Nc1ccc(OC(F)F)c(Cl)c1)c1cccc(S(=O)(=O)NC2CCS(=O)(=O)C2)c1. The van der Waals surface area contributed by atoms with E-state index < -0.39 is 38.4 Å². The second-order valence-corrected chi connectivity index (χ2v) is 11.1. The van der Waals surface area contributed by atoms with Crippen LogP contribution < -0.4 is 14.8 Å². The van der Waals surface area contributed by atoms with E-state index in [9.17, 15) is 30.4 Å². The number of carbonyl (C=O) groups excluding carboxylic acids is 1. The lowest BCUT2D eigenvalue weighted by Gasteiger charge is -2.13. The van der Waals surface area contributed by atoms with E-state index in [-0.39, 0.29) is 44.8 Å². The summed E-state index contributed by atoms with van der Waals surface area (Å²) in [6.07, 6.45) is 0.174. The maximum atomic E-state index is 12.6. The molecule has 0 aliphatic carbocycles. The molecule has 1 aliphatic heterocycles. The van der Waals surface area contributed by atoms with Crippen molar-refractivity contribution in [3.05, 3.63) is 53.1 Å². The summed E-state index contributed by atoms with van der Waals surface area (Å²) in [5.41, 5.74) is 0.185. The molecule has 1 amide bonds. The van der Waals surface area contributed by atoms with Gasteiger partial charge in [0.05, 0.1) is 21.4 Å². The van der Waals surface area contributed by atoms with Gasteiger partial charge in [0, 0.05) is 17.3 Å². The number of rotatable bonds is 7. The van der Waals surface area contributed by atoms with Crippen LogP contribution in [0.3, 0.4) is 0 Å². The molecular formula is C18H17ClF2N2O6S2. The fourth-order valence-electron chi connectivity index (χ4n) is 2.95. The molecule has 0 spiro atoms. The lowest BCUT2D eigenvalue weighted by atomic mass is 10.2. The maximum Gasteiger partial charge on any atom is 0.387 e. The molecule has 1 heterocycles. The molecule has 2 aromatic carbocycles. The van der Waals surface area contributed by atoms with Crippen LogP contribution in [0.2, 0.25) is 5.02 Å². The number of alkyl halides is 2. The van der Waals surface area contributed by atoms with Crippen molar-refractivity contribution in [1.29, 1.82) is 0 Å². The van der Waals surface area contributed by atoms with Crippen molar-refractivity contribution in [2.75, 3.05) is 16.8 Å². The minimum atomic E-state index is -4.05. The quantitative estimate of drug-likeness (QED) is 0.611. The second kappa shape index (κ2) is 9.07. The summed E-state index contributed by atoms with van der Waals surface area (Å²) in [4.78, 5) is 12.3. The van der Waals surface area contributed by atoms with Gasteiger partial charge in [0.1, 0.15) is 5.75 Å². The minimum Gasteiger partial charge on any atom is -0.433 e. The molecule has 8 nitrogen and oxygen atoms in total. The Hall–Kier alpha value is -2.28. The highest BCUT2D eigenvalue weighted by Crippen LogP contribution is 2.29. The monoisotopic (exact) mass is 494 g/mol. The first-order valence-corrected chi connectivity index (χ1v) is 12.5. The molecule has 168 valence electrons. The normalized spacial score (nSPS) is 18.1. The molecule has 0 saturated carbocycles. The fourth-order valence-corrected chi connectivity index (χ4v) is 6.27. The van der Waals surface area contributed by atoms with Crippen molar-refractivity contribution in [2.45, 2.75) is 24.0 Å².